The van der Waals surface area contributed by atoms with Gasteiger partial charge in [0.25, 0.3) is 5.91 Å². The molecule has 2 atom stereocenters. The first-order valence-electron chi connectivity index (χ1n) is 5.17. The Morgan fingerprint density at radius 3 is 2.76 bits per heavy atom. The minimum absolute atomic E-state index is 0.0502. The number of nitrogen functional groups attached to an aromatic ring is 1. The van der Waals surface area contributed by atoms with Crippen molar-refractivity contribution in [2.75, 3.05) is 17.7 Å². The average Bonchev–Trinajstić information content (AvgIpc) is 2.27. The molecule has 1 aromatic heterocycles. The Morgan fingerprint density at radius 2 is 2.24 bits per heavy atom. The highest BCUT2D eigenvalue weighted by molar-refractivity contribution is 7.84. The number of anilines is 1. The molecule has 0 aliphatic rings. The SMILES string of the molecule is CC(CCS(C)=O)NC(=O)c1cnc(N)cn1. The van der Waals surface area contributed by atoms with Gasteiger partial charge in [-0.3, -0.25) is 9.00 Å². The molecule has 0 spiro atoms. The normalized spacial score (nSPS) is 14.0. The quantitative estimate of drug-likeness (QED) is 0.769. The summed E-state index contributed by atoms with van der Waals surface area (Å²) in [5.41, 5.74) is 5.60. The zero-order chi connectivity index (χ0) is 12.8. The van der Waals surface area contributed by atoms with Gasteiger partial charge in [-0.25, -0.2) is 9.97 Å². The largest absolute Gasteiger partial charge is 0.382 e. The van der Waals surface area contributed by atoms with Crippen molar-refractivity contribution in [1.82, 2.24) is 15.3 Å². The van der Waals surface area contributed by atoms with Crippen LogP contribution in [0.2, 0.25) is 0 Å². The van der Waals surface area contributed by atoms with Gasteiger partial charge >= 0.3 is 0 Å². The molecule has 17 heavy (non-hydrogen) atoms. The van der Waals surface area contributed by atoms with Crippen LogP contribution in [0.25, 0.3) is 0 Å². The lowest BCUT2D eigenvalue weighted by Gasteiger charge is -2.12. The maximum Gasteiger partial charge on any atom is 0.271 e. The van der Waals surface area contributed by atoms with Crippen LogP contribution in [0.1, 0.15) is 23.8 Å². The van der Waals surface area contributed by atoms with Crippen LogP contribution in [0, 0.1) is 0 Å². The third kappa shape index (κ3) is 4.90. The second-order valence-electron chi connectivity index (χ2n) is 3.77. The summed E-state index contributed by atoms with van der Waals surface area (Å²) < 4.78 is 10.9. The molecular formula is C10H16N4O2S. The van der Waals surface area contributed by atoms with E-state index in [2.05, 4.69) is 15.3 Å². The lowest BCUT2D eigenvalue weighted by Crippen LogP contribution is -2.34. The van der Waals surface area contributed by atoms with Crippen molar-refractivity contribution in [3.05, 3.63) is 18.1 Å². The van der Waals surface area contributed by atoms with E-state index in [9.17, 15) is 9.00 Å². The number of nitrogens with one attached hydrogen (secondary N) is 1. The Bertz CT molecular complexity index is 407. The van der Waals surface area contributed by atoms with E-state index in [1.807, 2.05) is 6.92 Å². The second-order valence-corrected chi connectivity index (χ2v) is 5.32. The summed E-state index contributed by atoms with van der Waals surface area (Å²) in [4.78, 5) is 19.3. The van der Waals surface area contributed by atoms with E-state index in [0.29, 0.717) is 12.2 Å². The van der Waals surface area contributed by atoms with Crippen LogP contribution in [0.5, 0.6) is 0 Å². The number of aromatic nitrogens is 2. The number of amides is 1. The van der Waals surface area contributed by atoms with Crippen LogP contribution in [0.15, 0.2) is 12.4 Å². The van der Waals surface area contributed by atoms with Gasteiger partial charge in [-0.05, 0) is 13.3 Å². The lowest BCUT2D eigenvalue weighted by molar-refractivity contribution is 0.0934. The fourth-order valence-corrected chi connectivity index (χ4v) is 1.85. The molecule has 3 N–H and O–H groups in total. The summed E-state index contributed by atoms with van der Waals surface area (Å²) in [5.74, 6) is 0.539. The van der Waals surface area contributed by atoms with Crippen LogP contribution in [0.4, 0.5) is 5.82 Å². The van der Waals surface area contributed by atoms with E-state index in [1.165, 1.54) is 12.4 Å². The Morgan fingerprint density at radius 1 is 1.53 bits per heavy atom. The minimum atomic E-state index is -0.844. The minimum Gasteiger partial charge on any atom is -0.382 e. The molecule has 6 nitrogen and oxygen atoms in total. The zero-order valence-corrected chi connectivity index (χ0v) is 10.7. The van der Waals surface area contributed by atoms with Crippen molar-refractivity contribution in [3.8, 4) is 0 Å². The molecule has 0 saturated heterocycles. The van der Waals surface area contributed by atoms with Crippen LogP contribution < -0.4 is 11.1 Å². The number of hydrogen-bond acceptors (Lipinski definition) is 5. The highest BCUT2D eigenvalue weighted by Crippen LogP contribution is 1.98. The molecule has 0 radical (unpaired) electrons. The highest BCUT2D eigenvalue weighted by Gasteiger charge is 2.11. The van der Waals surface area contributed by atoms with Gasteiger partial charge in [-0.1, -0.05) is 0 Å². The maximum atomic E-state index is 11.7. The van der Waals surface area contributed by atoms with Crippen molar-refractivity contribution >= 4 is 22.5 Å². The van der Waals surface area contributed by atoms with Gasteiger partial charge in [0.15, 0.2) is 0 Å². The first-order chi connectivity index (χ1) is 7.99. The molecule has 0 fully saturated rings. The second kappa shape index (κ2) is 6.29. The fraction of sp³-hybridized carbons (Fsp3) is 0.500. The molecule has 2 unspecified atom stereocenters. The molecule has 0 bridgehead atoms. The number of hydrogen-bond donors (Lipinski definition) is 2. The van der Waals surface area contributed by atoms with Gasteiger partial charge in [0.2, 0.25) is 0 Å². The molecular weight excluding hydrogens is 240 g/mol. The van der Waals surface area contributed by atoms with Crippen molar-refractivity contribution in [3.63, 3.8) is 0 Å². The molecule has 1 rings (SSSR count). The van der Waals surface area contributed by atoms with Crippen LogP contribution in [-0.2, 0) is 10.8 Å². The van der Waals surface area contributed by atoms with Gasteiger partial charge < -0.3 is 11.1 Å². The predicted octanol–water partition coefficient (Wildman–Crippen LogP) is -0.0543. The van der Waals surface area contributed by atoms with E-state index in [-0.39, 0.29) is 23.5 Å². The molecule has 94 valence electrons. The van der Waals surface area contributed by atoms with Crippen molar-refractivity contribution < 1.29 is 9.00 Å². The van der Waals surface area contributed by atoms with Crippen molar-refractivity contribution in [2.45, 2.75) is 19.4 Å². The van der Waals surface area contributed by atoms with Gasteiger partial charge in [0.1, 0.15) is 11.5 Å². The summed E-state index contributed by atoms with van der Waals surface area (Å²) in [6.45, 7) is 1.86. The third-order valence-electron chi connectivity index (χ3n) is 2.12. The van der Waals surface area contributed by atoms with Gasteiger partial charge in [-0.2, -0.15) is 0 Å². The van der Waals surface area contributed by atoms with Gasteiger partial charge in [0.05, 0.1) is 12.4 Å². The molecule has 0 aromatic carbocycles. The third-order valence-corrected chi connectivity index (χ3v) is 2.93. The van der Waals surface area contributed by atoms with Crippen LogP contribution in [-0.4, -0.2) is 38.1 Å². The average molecular weight is 256 g/mol. The summed E-state index contributed by atoms with van der Waals surface area (Å²) in [7, 11) is -0.844. The number of carbonyl (C=O) groups is 1. The first kappa shape index (κ1) is 13.6. The summed E-state index contributed by atoms with van der Waals surface area (Å²) in [6, 6.07) is -0.0502. The maximum absolute atomic E-state index is 11.7. The van der Waals surface area contributed by atoms with Crippen molar-refractivity contribution in [2.24, 2.45) is 0 Å². The van der Waals surface area contributed by atoms with Gasteiger partial charge in [-0.15, -0.1) is 0 Å². The number of nitrogens with two attached hydrogens (primary N) is 1. The van der Waals surface area contributed by atoms with E-state index < -0.39 is 10.8 Å². The molecule has 1 amide bonds. The smallest absolute Gasteiger partial charge is 0.271 e. The molecule has 1 aromatic rings. The Labute approximate surface area is 102 Å². The predicted molar refractivity (Wildman–Crippen MR) is 66.9 cm³/mol. The standard InChI is InChI=1S/C10H16N4O2S/c1-7(3-4-17(2)16)14-10(15)8-5-13-9(11)6-12-8/h5-7H,3-4H2,1-2H3,(H2,11,13)(H,14,15). The van der Waals surface area contributed by atoms with E-state index in [4.69, 9.17) is 5.73 Å². The summed E-state index contributed by atoms with van der Waals surface area (Å²) >= 11 is 0. The Kier molecular flexibility index (Phi) is 5.02. The first-order valence-corrected chi connectivity index (χ1v) is 6.90. The highest BCUT2D eigenvalue weighted by atomic mass is 32.2. The fourth-order valence-electron chi connectivity index (χ4n) is 1.17. The number of rotatable bonds is 5. The summed E-state index contributed by atoms with van der Waals surface area (Å²) in [6.07, 6.45) is 4.97. The van der Waals surface area contributed by atoms with E-state index in [1.54, 1.807) is 6.26 Å². The Hall–Kier alpha value is -1.50. The molecule has 0 aliphatic carbocycles. The van der Waals surface area contributed by atoms with Gasteiger partial charge in [0, 0.05) is 28.9 Å². The Balaban J connectivity index is 2.48. The van der Waals surface area contributed by atoms with Crippen LogP contribution in [0.3, 0.4) is 0 Å². The molecule has 1 heterocycles. The summed E-state index contributed by atoms with van der Waals surface area (Å²) in [5, 5.41) is 2.75. The van der Waals surface area contributed by atoms with Crippen molar-refractivity contribution in [1.29, 1.82) is 0 Å². The van der Waals surface area contributed by atoms with E-state index >= 15 is 0 Å². The monoisotopic (exact) mass is 256 g/mol. The number of nitrogens with zero attached hydrogens (tertiary/aromatic N) is 2. The molecule has 0 aliphatic heterocycles. The molecule has 7 heteroatoms. The lowest BCUT2D eigenvalue weighted by atomic mass is 10.2. The molecule has 0 saturated carbocycles. The zero-order valence-electron chi connectivity index (χ0n) is 9.84. The number of carbonyl (C=O) groups excluding carboxylic acids is 1. The van der Waals surface area contributed by atoms with Crippen LogP contribution >= 0.6 is 0 Å². The van der Waals surface area contributed by atoms with E-state index in [0.717, 1.165) is 0 Å². The topological polar surface area (TPSA) is 98.0 Å².